The van der Waals surface area contributed by atoms with Crippen molar-refractivity contribution >= 4 is 0 Å². The molecule has 0 aliphatic carbocycles. The van der Waals surface area contributed by atoms with Crippen LogP contribution in [0.15, 0.2) is 0 Å². The van der Waals surface area contributed by atoms with E-state index in [1.165, 1.54) is 0 Å². The lowest BCUT2D eigenvalue weighted by molar-refractivity contribution is 0.104. The first-order valence-corrected chi connectivity index (χ1v) is 4.23. The second-order valence-corrected chi connectivity index (χ2v) is 3.08. The Hall–Kier alpha value is -0.0800. The van der Waals surface area contributed by atoms with Gasteiger partial charge in [0.25, 0.3) is 0 Å². The zero-order valence-electron chi connectivity index (χ0n) is 6.64. The third-order valence-electron chi connectivity index (χ3n) is 2.33. The first-order chi connectivity index (χ1) is 4.84. The Morgan fingerprint density at radius 3 is 3.10 bits per heavy atom. The van der Waals surface area contributed by atoms with Gasteiger partial charge in [-0.3, -0.25) is 0 Å². The van der Waals surface area contributed by atoms with Crippen molar-refractivity contribution in [2.45, 2.75) is 32.3 Å². The van der Waals surface area contributed by atoms with Crippen LogP contribution in [0.4, 0.5) is 0 Å². The topological polar surface area (TPSA) is 32.3 Å². The highest BCUT2D eigenvalue weighted by molar-refractivity contribution is 4.73. The predicted octanol–water partition coefficient (Wildman–Crippen LogP) is 0.757. The molecule has 0 unspecified atom stereocenters. The Balaban J connectivity index is 2.35. The van der Waals surface area contributed by atoms with Crippen LogP contribution in [0.5, 0.6) is 0 Å². The minimum atomic E-state index is -0.0556. The summed E-state index contributed by atoms with van der Waals surface area (Å²) in [6.07, 6.45) is 3.14. The number of nitrogens with one attached hydrogen (secondary N) is 1. The molecule has 2 heteroatoms. The highest BCUT2D eigenvalue weighted by Crippen LogP contribution is 2.14. The Labute approximate surface area is 62.6 Å². The molecule has 1 fully saturated rings. The predicted molar refractivity (Wildman–Crippen MR) is 41.9 cm³/mol. The summed E-state index contributed by atoms with van der Waals surface area (Å²) in [4.78, 5) is 0. The van der Waals surface area contributed by atoms with E-state index in [1.807, 2.05) is 0 Å². The molecule has 0 spiro atoms. The fourth-order valence-electron chi connectivity index (χ4n) is 1.51. The Kier molecular flexibility index (Phi) is 3.16. The van der Waals surface area contributed by atoms with Crippen LogP contribution in [0.1, 0.15) is 26.2 Å². The average Bonchev–Trinajstić information content (AvgIpc) is 2.13. The number of hydrogen-bond acceptors (Lipinski definition) is 2. The van der Waals surface area contributed by atoms with Crippen molar-refractivity contribution in [1.29, 1.82) is 0 Å². The van der Waals surface area contributed by atoms with Gasteiger partial charge in [-0.1, -0.05) is 6.92 Å². The van der Waals surface area contributed by atoms with Crippen molar-refractivity contribution in [2.75, 3.05) is 13.1 Å². The minimum Gasteiger partial charge on any atom is -0.393 e. The molecule has 0 amide bonds. The molecule has 60 valence electrons. The van der Waals surface area contributed by atoms with Crippen LogP contribution < -0.4 is 5.32 Å². The molecule has 1 rings (SSSR count). The van der Waals surface area contributed by atoms with Gasteiger partial charge in [-0.05, 0) is 31.7 Å². The molecule has 0 aromatic carbocycles. The second kappa shape index (κ2) is 3.94. The molecule has 0 saturated carbocycles. The monoisotopic (exact) mass is 143 g/mol. The SMILES string of the molecule is CC[C@H]1CNCCC[C@H]1O. The molecule has 0 bridgehead atoms. The first kappa shape index (κ1) is 8.02. The molecule has 1 aliphatic rings. The highest BCUT2D eigenvalue weighted by Gasteiger charge is 2.18. The van der Waals surface area contributed by atoms with E-state index in [-0.39, 0.29) is 6.10 Å². The Bertz CT molecular complexity index is 95.3. The maximum absolute atomic E-state index is 9.51. The molecule has 0 aromatic rings. The van der Waals surface area contributed by atoms with Crippen molar-refractivity contribution in [3.63, 3.8) is 0 Å². The summed E-state index contributed by atoms with van der Waals surface area (Å²) in [5.41, 5.74) is 0. The van der Waals surface area contributed by atoms with Crippen molar-refractivity contribution in [3.8, 4) is 0 Å². The molecule has 2 nitrogen and oxygen atoms in total. The number of aliphatic hydroxyl groups is 1. The van der Waals surface area contributed by atoms with Gasteiger partial charge >= 0.3 is 0 Å². The van der Waals surface area contributed by atoms with E-state index in [0.717, 1.165) is 32.4 Å². The third kappa shape index (κ3) is 1.96. The van der Waals surface area contributed by atoms with Crippen molar-refractivity contribution in [3.05, 3.63) is 0 Å². The quantitative estimate of drug-likeness (QED) is 0.568. The van der Waals surface area contributed by atoms with Crippen LogP contribution in [0.2, 0.25) is 0 Å². The maximum atomic E-state index is 9.51. The standard InChI is InChI=1S/C8H17NO/c1-2-7-6-9-5-3-4-8(7)10/h7-10H,2-6H2,1H3/t7-,8+/m0/s1. The van der Waals surface area contributed by atoms with Crippen LogP contribution in [0.25, 0.3) is 0 Å². The molecule has 1 aliphatic heterocycles. The van der Waals surface area contributed by atoms with Crippen molar-refractivity contribution in [1.82, 2.24) is 5.32 Å². The molecule has 0 radical (unpaired) electrons. The van der Waals surface area contributed by atoms with Crippen LogP contribution in [-0.2, 0) is 0 Å². The van der Waals surface area contributed by atoms with Crippen LogP contribution >= 0.6 is 0 Å². The lowest BCUT2D eigenvalue weighted by Crippen LogP contribution is -2.26. The van der Waals surface area contributed by atoms with Crippen molar-refractivity contribution in [2.24, 2.45) is 5.92 Å². The van der Waals surface area contributed by atoms with Crippen LogP contribution in [-0.4, -0.2) is 24.3 Å². The van der Waals surface area contributed by atoms with Crippen LogP contribution in [0, 0.1) is 5.92 Å². The third-order valence-corrected chi connectivity index (χ3v) is 2.33. The van der Waals surface area contributed by atoms with Gasteiger partial charge in [0.05, 0.1) is 6.10 Å². The molecular weight excluding hydrogens is 126 g/mol. The highest BCUT2D eigenvalue weighted by atomic mass is 16.3. The molecule has 1 saturated heterocycles. The molecule has 2 N–H and O–H groups in total. The van der Waals surface area contributed by atoms with Gasteiger partial charge in [0.1, 0.15) is 0 Å². The van der Waals surface area contributed by atoms with E-state index < -0.39 is 0 Å². The van der Waals surface area contributed by atoms with Gasteiger partial charge < -0.3 is 10.4 Å². The number of aliphatic hydroxyl groups excluding tert-OH is 1. The normalized spacial score (nSPS) is 35.4. The minimum absolute atomic E-state index is 0.0556. The summed E-state index contributed by atoms with van der Waals surface area (Å²) in [5.74, 6) is 0.488. The maximum Gasteiger partial charge on any atom is 0.0580 e. The van der Waals surface area contributed by atoms with Gasteiger partial charge in [-0.15, -0.1) is 0 Å². The average molecular weight is 143 g/mol. The molecular formula is C8H17NO. The van der Waals surface area contributed by atoms with E-state index in [9.17, 15) is 5.11 Å². The summed E-state index contributed by atoms with van der Waals surface area (Å²) < 4.78 is 0. The Morgan fingerprint density at radius 2 is 2.40 bits per heavy atom. The summed E-state index contributed by atoms with van der Waals surface area (Å²) >= 11 is 0. The molecule has 2 atom stereocenters. The van der Waals surface area contributed by atoms with E-state index in [1.54, 1.807) is 0 Å². The smallest absolute Gasteiger partial charge is 0.0580 e. The molecule has 0 aromatic heterocycles. The van der Waals surface area contributed by atoms with Gasteiger partial charge in [0.15, 0.2) is 0 Å². The summed E-state index contributed by atoms with van der Waals surface area (Å²) in [7, 11) is 0. The van der Waals surface area contributed by atoms with Crippen LogP contribution in [0.3, 0.4) is 0 Å². The van der Waals surface area contributed by atoms with E-state index in [4.69, 9.17) is 0 Å². The van der Waals surface area contributed by atoms with Gasteiger partial charge in [0.2, 0.25) is 0 Å². The molecule has 1 heterocycles. The first-order valence-electron chi connectivity index (χ1n) is 4.23. The summed E-state index contributed by atoms with van der Waals surface area (Å²) in [6, 6.07) is 0. The zero-order valence-corrected chi connectivity index (χ0v) is 6.64. The van der Waals surface area contributed by atoms with E-state index in [2.05, 4.69) is 12.2 Å². The Morgan fingerprint density at radius 1 is 1.60 bits per heavy atom. The van der Waals surface area contributed by atoms with Gasteiger partial charge in [0, 0.05) is 6.54 Å². The van der Waals surface area contributed by atoms with Crippen molar-refractivity contribution < 1.29 is 5.11 Å². The zero-order chi connectivity index (χ0) is 7.40. The fraction of sp³-hybridized carbons (Fsp3) is 1.00. The number of hydrogen-bond donors (Lipinski definition) is 2. The van der Waals surface area contributed by atoms with Gasteiger partial charge in [-0.2, -0.15) is 0 Å². The molecule has 10 heavy (non-hydrogen) atoms. The summed E-state index contributed by atoms with van der Waals surface area (Å²) in [6.45, 7) is 4.21. The lowest BCUT2D eigenvalue weighted by atomic mass is 9.98. The largest absolute Gasteiger partial charge is 0.393 e. The van der Waals surface area contributed by atoms with E-state index >= 15 is 0 Å². The summed E-state index contributed by atoms with van der Waals surface area (Å²) in [5, 5.41) is 12.8. The van der Waals surface area contributed by atoms with Gasteiger partial charge in [-0.25, -0.2) is 0 Å². The number of rotatable bonds is 1. The second-order valence-electron chi connectivity index (χ2n) is 3.08. The fourth-order valence-corrected chi connectivity index (χ4v) is 1.51. The van der Waals surface area contributed by atoms with E-state index in [0.29, 0.717) is 5.92 Å². The lowest BCUT2D eigenvalue weighted by Gasteiger charge is -2.17.